The third-order valence-corrected chi connectivity index (χ3v) is 6.05. The van der Waals surface area contributed by atoms with Crippen molar-refractivity contribution in [1.82, 2.24) is 14.7 Å². The molecule has 3 heterocycles. The molecular formula is C24H20Cl2N4. The van der Waals surface area contributed by atoms with Gasteiger partial charge in [0, 0.05) is 11.8 Å². The number of hydrogen-bond donors (Lipinski definition) is 0. The molecular weight excluding hydrogens is 415 g/mol. The minimum Gasteiger partial charge on any atom is -0.318 e. The van der Waals surface area contributed by atoms with Crippen molar-refractivity contribution in [2.45, 2.75) is 26.8 Å². The van der Waals surface area contributed by atoms with Gasteiger partial charge in [-0.3, -0.25) is 0 Å². The van der Waals surface area contributed by atoms with Crippen LogP contribution in [0.25, 0.3) is 5.69 Å². The zero-order valence-electron chi connectivity index (χ0n) is 16.9. The maximum absolute atomic E-state index is 6.60. The van der Waals surface area contributed by atoms with Gasteiger partial charge in [-0.2, -0.15) is 5.10 Å². The van der Waals surface area contributed by atoms with Gasteiger partial charge in [0.05, 0.1) is 27.5 Å². The summed E-state index contributed by atoms with van der Waals surface area (Å²) in [6.45, 7) is 6.19. The lowest BCUT2D eigenvalue weighted by Crippen LogP contribution is -2.35. The Bertz CT molecular complexity index is 1250. The molecule has 0 radical (unpaired) electrons. The van der Waals surface area contributed by atoms with Gasteiger partial charge in [-0.05, 0) is 44.0 Å². The minimum atomic E-state index is -0.123. The molecule has 0 spiro atoms. The number of hydrogen-bond acceptors (Lipinski definition) is 3. The van der Waals surface area contributed by atoms with E-state index in [2.05, 4.69) is 55.1 Å². The van der Waals surface area contributed by atoms with Crippen molar-refractivity contribution in [2.24, 2.45) is 4.99 Å². The molecule has 0 amide bonds. The van der Waals surface area contributed by atoms with Crippen molar-refractivity contribution in [2.75, 3.05) is 0 Å². The summed E-state index contributed by atoms with van der Waals surface area (Å²) in [5, 5.41) is 5.97. The number of para-hydroxylation sites is 1. The highest BCUT2D eigenvalue weighted by atomic mass is 35.5. The molecule has 0 aliphatic carbocycles. The van der Waals surface area contributed by atoms with Gasteiger partial charge in [0.15, 0.2) is 11.7 Å². The number of rotatable bonds is 2. The van der Waals surface area contributed by atoms with E-state index in [-0.39, 0.29) is 6.04 Å². The van der Waals surface area contributed by atoms with Crippen LogP contribution in [0.5, 0.6) is 0 Å². The van der Waals surface area contributed by atoms with E-state index in [9.17, 15) is 0 Å². The summed E-state index contributed by atoms with van der Waals surface area (Å²) >= 11 is 13.0. The van der Waals surface area contributed by atoms with E-state index >= 15 is 0 Å². The molecule has 1 atom stereocenters. The lowest BCUT2D eigenvalue weighted by molar-refractivity contribution is 0.460. The van der Waals surface area contributed by atoms with E-state index in [1.54, 1.807) is 6.08 Å². The van der Waals surface area contributed by atoms with Gasteiger partial charge in [0.25, 0.3) is 0 Å². The number of aromatic nitrogens is 2. The lowest BCUT2D eigenvalue weighted by Gasteiger charge is -2.37. The Morgan fingerprint density at radius 1 is 0.933 bits per heavy atom. The van der Waals surface area contributed by atoms with Gasteiger partial charge >= 0.3 is 0 Å². The summed E-state index contributed by atoms with van der Waals surface area (Å²) in [6.07, 6.45) is 3.63. The maximum Gasteiger partial charge on any atom is 0.164 e. The van der Waals surface area contributed by atoms with Crippen molar-refractivity contribution < 1.29 is 0 Å². The number of allylic oxidation sites excluding steroid dienone is 2. The molecule has 0 saturated heterocycles. The number of amidine groups is 1. The summed E-state index contributed by atoms with van der Waals surface area (Å²) in [4.78, 5) is 7.00. The van der Waals surface area contributed by atoms with Crippen LogP contribution in [-0.2, 0) is 0 Å². The third-order valence-electron chi connectivity index (χ3n) is 5.57. The quantitative estimate of drug-likeness (QED) is 0.464. The standard InChI is InChI=1S/C24H20Cl2N4/c1-14-8-10-17(11-9-14)22-21-16(3)28-30(20-7-5-4-6-15(20)2)24(21)27-23-19(26)12-18(25)13-29(22)23/h4-13,22H,1-3H3. The molecule has 0 fully saturated rings. The van der Waals surface area contributed by atoms with Gasteiger partial charge in [0.1, 0.15) is 0 Å². The van der Waals surface area contributed by atoms with Gasteiger partial charge in [0.2, 0.25) is 0 Å². The molecule has 0 saturated carbocycles. The van der Waals surface area contributed by atoms with E-state index < -0.39 is 0 Å². The first-order chi connectivity index (χ1) is 14.4. The van der Waals surface area contributed by atoms with Crippen LogP contribution in [0.3, 0.4) is 0 Å². The van der Waals surface area contributed by atoms with Crippen LogP contribution in [0.1, 0.15) is 34.0 Å². The number of benzene rings is 2. The van der Waals surface area contributed by atoms with Crippen molar-refractivity contribution in [1.29, 1.82) is 0 Å². The second-order valence-electron chi connectivity index (χ2n) is 7.68. The fourth-order valence-corrected chi connectivity index (χ4v) is 4.61. The van der Waals surface area contributed by atoms with Crippen LogP contribution < -0.4 is 0 Å². The number of fused-ring (bicyclic) bond motifs is 2. The van der Waals surface area contributed by atoms with E-state index in [1.807, 2.05) is 29.9 Å². The molecule has 5 rings (SSSR count). The van der Waals surface area contributed by atoms with E-state index in [0.717, 1.165) is 33.9 Å². The summed E-state index contributed by atoms with van der Waals surface area (Å²) in [7, 11) is 0. The Kier molecular flexibility index (Phi) is 4.57. The van der Waals surface area contributed by atoms with Crippen LogP contribution in [-0.4, -0.2) is 20.5 Å². The van der Waals surface area contributed by atoms with Crippen molar-refractivity contribution >= 4 is 34.9 Å². The zero-order valence-corrected chi connectivity index (χ0v) is 18.4. The first kappa shape index (κ1) is 19.2. The number of halogens is 2. The molecule has 2 aliphatic heterocycles. The summed E-state index contributed by atoms with van der Waals surface area (Å²) < 4.78 is 1.93. The highest BCUT2D eigenvalue weighted by molar-refractivity contribution is 6.45. The fraction of sp³-hybridized carbons (Fsp3) is 0.167. The second-order valence-corrected chi connectivity index (χ2v) is 8.53. The predicted octanol–water partition coefficient (Wildman–Crippen LogP) is 6.45. The molecule has 30 heavy (non-hydrogen) atoms. The Balaban J connectivity index is 1.80. The van der Waals surface area contributed by atoms with E-state index in [4.69, 9.17) is 33.3 Å². The fourth-order valence-electron chi connectivity index (χ4n) is 4.09. The molecule has 0 bridgehead atoms. The highest BCUT2D eigenvalue weighted by Crippen LogP contribution is 2.45. The molecule has 6 heteroatoms. The molecule has 150 valence electrons. The van der Waals surface area contributed by atoms with Crippen molar-refractivity contribution in [3.05, 3.63) is 98.8 Å². The minimum absolute atomic E-state index is 0.123. The monoisotopic (exact) mass is 434 g/mol. The van der Waals surface area contributed by atoms with Crippen molar-refractivity contribution in [3.63, 3.8) is 0 Å². The van der Waals surface area contributed by atoms with Crippen LogP contribution in [0.2, 0.25) is 0 Å². The summed E-state index contributed by atoms with van der Waals surface area (Å²) in [5.41, 5.74) is 6.46. The number of nitrogens with zero attached hydrogens (tertiary/aromatic N) is 4. The topological polar surface area (TPSA) is 33.4 Å². The Hall–Kier alpha value is -2.82. The molecule has 3 aromatic rings. The van der Waals surface area contributed by atoms with Crippen LogP contribution in [0, 0.1) is 20.8 Å². The van der Waals surface area contributed by atoms with Crippen LogP contribution >= 0.6 is 23.2 Å². The second kappa shape index (κ2) is 7.15. The lowest BCUT2D eigenvalue weighted by atomic mass is 9.94. The maximum atomic E-state index is 6.60. The molecule has 4 nitrogen and oxygen atoms in total. The highest BCUT2D eigenvalue weighted by Gasteiger charge is 2.37. The van der Waals surface area contributed by atoms with E-state index in [0.29, 0.717) is 15.9 Å². The van der Waals surface area contributed by atoms with Gasteiger partial charge in [-0.25, -0.2) is 9.67 Å². The SMILES string of the molecule is Cc1ccc(C2c3c(C)nn(-c4ccccc4C)c3N=C3C(Cl)=CC(Cl)=CN32)cc1. The normalized spacial score (nSPS) is 17.7. The Morgan fingerprint density at radius 2 is 1.67 bits per heavy atom. The molecule has 1 aromatic heterocycles. The predicted molar refractivity (Wildman–Crippen MR) is 123 cm³/mol. The van der Waals surface area contributed by atoms with Gasteiger partial charge in [-0.15, -0.1) is 0 Å². The summed E-state index contributed by atoms with van der Waals surface area (Å²) in [5.74, 6) is 1.48. The largest absolute Gasteiger partial charge is 0.318 e. The molecule has 0 N–H and O–H groups in total. The molecule has 2 aliphatic rings. The van der Waals surface area contributed by atoms with Gasteiger partial charge < -0.3 is 4.90 Å². The number of aryl methyl sites for hydroxylation is 3. The first-order valence-corrected chi connectivity index (χ1v) is 10.5. The third kappa shape index (κ3) is 2.99. The Labute approximate surface area is 185 Å². The van der Waals surface area contributed by atoms with Crippen LogP contribution in [0.15, 0.2) is 75.9 Å². The van der Waals surface area contributed by atoms with Crippen LogP contribution in [0.4, 0.5) is 5.82 Å². The number of aliphatic imine (C=N–C) groups is 1. The van der Waals surface area contributed by atoms with Crippen molar-refractivity contribution in [3.8, 4) is 5.69 Å². The smallest absolute Gasteiger partial charge is 0.164 e. The molecule has 1 unspecified atom stereocenters. The summed E-state index contributed by atoms with van der Waals surface area (Å²) in [6, 6.07) is 16.6. The molecule has 2 aromatic carbocycles. The first-order valence-electron chi connectivity index (χ1n) is 9.78. The zero-order chi connectivity index (χ0) is 21.0. The van der Waals surface area contributed by atoms with Gasteiger partial charge in [-0.1, -0.05) is 71.2 Å². The average molecular weight is 435 g/mol. The average Bonchev–Trinajstić information content (AvgIpc) is 3.04. The van der Waals surface area contributed by atoms with E-state index in [1.165, 1.54) is 5.56 Å². The Morgan fingerprint density at radius 3 is 2.40 bits per heavy atom.